The Morgan fingerprint density at radius 2 is 2.03 bits per heavy atom. The second kappa shape index (κ2) is 7.86. The number of nitrogens with two attached hydrogens (primary N) is 1. The summed E-state index contributed by atoms with van der Waals surface area (Å²) < 4.78 is 5.83. The Morgan fingerprint density at radius 1 is 1.17 bits per heavy atom. The van der Waals surface area contributed by atoms with E-state index in [1.807, 2.05) is 44.2 Å². The molecule has 0 aliphatic heterocycles. The van der Waals surface area contributed by atoms with Gasteiger partial charge in [-0.3, -0.25) is 0 Å². The highest BCUT2D eigenvalue weighted by atomic mass is 32.1. The lowest BCUT2D eigenvalue weighted by Gasteiger charge is -2.12. The Labute approximate surface area is 172 Å². The lowest BCUT2D eigenvalue weighted by molar-refractivity contribution is 0.230. The van der Waals surface area contributed by atoms with Gasteiger partial charge in [0.2, 0.25) is 5.88 Å². The fraction of sp³-hybridized carbons (Fsp3) is 0.182. The predicted octanol–water partition coefficient (Wildman–Crippen LogP) is 4.59. The zero-order chi connectivity index (χ0) is 20.4. The molecule has 29 heavy (non-hydrogen) atoms. The van der Waals surface area contributed by atoms with Crippen LogP contribution in [-0.4, -0.2) is 21.1 Å². The molecule has 0 fully saturated rings. The first-order chi connectivity index (χ1) is 14.0. The summed E-state index contributed by atoms with van der Waals surface area (Å²) in [6, 6.07) is 15.3. The number of nitrogen functional groups attached to an aromatic ring is 1. The molecular formula is C22H19N5OS. The van der Waals surface area contributed by atoms with E-state index in [2.05, 4.69) is 21.0 Å². The lowest BCUT2D eigenvalue weighted by Crippen LogP contribution is -2.08. The quantitative estimate of drug-likeness (QED) is 0.525. The van der Waals surface area contributed by atoms with E-state index in [1.54, 1.807) is 29.7 Å². The van der Waals surface area contributed by atoms with E-state index in [0.29, 0.717) is 29.5 Å². The summed E-state index contributed by atoms with van der Waals surface area (Å²) in [4.78, 5) is 15.4. The maximum absolute atomic E-state index is 9.13. The van der Waals surface area contributed by atoms with Crippen LogP contribution in [0.2, 0.25) is 0 Å². The largest absolute Gasteiger partial charge is 0.475 e. The molecule has 0 spiro atoms. The highest BCUT2D eigenvalue weighted by Crippen LogP contribution is 2.32. The molecule has 0 amide bonds. The minimum Gasteiger partial charge on any atom is -0.475 e. The molecule has 7 heteroatoms. The van der Waals surface area contributed by atoms with Gasteiger partial charge in [-0.25, -0.2) is 15.0 Å². The summed E-state index contributed by atoms with van der Waals surface area (Å²) in [6.07, 6.45) is 2.46. The van der Waals surface area contributed by atoms with Crippen molar-refractivity contribution in [3.8, 4) is 23.3 Å². The predicted molar refractivity (Wildman–Crippen MR) is 115 cm³/mol. The van der Waals surface area contributed by atoms with Crippen LogP contribution in [0, 0.1) is 11.3 Å². The van der Waals surface area contributed by atoms with Gasteiger partial charge in [0.15, 0.2) is 5.82 Å². The molecule has 6 nitrogen and oxygen atoms in total. The number of fused-ring (bicyclic) bond motifs is 1. The molecule has 0 bridgehead atoms. The number of anilines is 1. The van der Waals surface area contributed by atoms with Gasteiger partial charge < -0.3 is 10.5 Å². The van der Waals surface area contributed by atoms with E-state index >= 15 is 0 Å². The summed E-state index contributed by atoms with van der Waals surface area (Å²) in [5.74, 6) is 1.60. The summed E-state index contributed by atoms with van der Waals surface area (Å²) in [5, 5.41) is 9.96. The molecule has 0 aliphatic carbocycles. The van der Waals surface area contributed by atoms with Crippen molar-refractivity contribution >= 4 is 27.4 Å². The van der Waals surface area contributed by atoms with Crippen molar-refractivity contribution in [1.82, 2.24) is 15.0 Å². The number of nitriles is 1. The fourth-order valence-corrected chi connectivity index (χ4v) is 4.07. The summed E-state index contributed by atoms with van der Waals surface area (Å²) in [5.41, 5.74) is 8.57. The van der Waals surface area contributed by atoms with Gasteiger partial charge in [0.05, 0.1) is 23.1 Å². The van der Waals surface area contributed by atoms with Gasteiger partial charge in [0.1, 0.15) is 10.6 Å². The molecule has 144 valence electrons. The Kier molecular flexibility index (Phi) is 5.10. The third kappa shape index (κ3) is 4.03. The molecule has 4 aromatic rings. The standard InChI is InChI=1S/C22H19N5OS/c1-13(2)28-21-16(7-4-8-25-21)10-17-11-18-19(24)26-20(27-22(18)29-17)15-6-3-5-14(9-15)12-23/h3-9,11,13H,10H2,1-2H3,(H2,24,26,27). The number of ether oxygens (including phenoxy) is 1. The van der Waals surface area contributed by atoms with Crippen molar-refractivity contribution in [2.45, 2.75) is 26.4 Å². The van der Waals surface area contributed by atoms with E-state index in [9.17, 15) is 0 Å². The van der Waals surface area contributed by atoms with E-state index in [1.165, 1.54) is 0 Å². The van der Waals surface area contributed by atoms with Crippen LogP contribution in [-0.2, 0) is 6.42 Å². The van der Waals surface area contributed by atoms with Crippen LogP contribution in [0.5, 0.6) is 5.88 Å². The van der Waals surface area contributed by atoms with Crippen molar-refractivity contribution in [3.05, 3.63) is 64.7 Å². The van der Waals surface area contributed by atoms with Crippen LogP contribution in [0.25, 0.3) is 21.6 Å². The van der Waals surface area contributed by atoms with E-state index < -0.39 is 0 Å². The summed E-state index contributed by atoms with van der Waals surface area (Å²) >= 11 is 1.57. The van der Waals surface area contributed by atoms with Gasteiger partial charge in [0.25, 0.3) is 0 Å². The summed E-state index contributed by atoms with van der Waals surface area (Å²) in [7, 11) is 0. The van der Waals surface area contributed by atoms with Crippen LogP contribution < -0.4 is 10.5 Å². The van der Waals surface area contributed by atoms with Gasteiger partial charge in [-0.05, 0) is 38.1 Å². The molecule has 0 saturated heterocycles. The Bertz CT molecular complexity index is 1230. The number of hydrogen-bond acceptors (Lipinski definition) is 7. The molecule has 0 radical (unpaired) electrons. The zero-order valence-electron chi connectivity index (χ0n) is 16.1. The molecule has 3 aromatic heterocycles. The Hall–Kier alpha value is -3.50. The van der Waals surface area contributed by atoms with Gasteiger partial charge in [-0.2, -0.15) is 5.26 Å². The number of pyridine rings is 1. The van der Waals surface area contributed by atoms with E-state index in [4.69, 9.17) is 15.7 Å². The number of rotatable bonds is 5. The van der Waals surface area contributed by atoms with Crippen LogP contribution in [0.1, 0.15) is 29.9 Å². The van der Waals surface area contributed by atoms with Crippen LogP contribution in [0.3, 0.4) is 0 Å². The van der Waals surface area contributed by atoms with E-state index in [0.717, 1.165) is 26.2 Å². The third-order valence-electron chi connectivity index (χ3n) is 4.29. The lowest BCUT2D eigenvalue weighted by atomic mass is 10.1. The van der Waals surface area contributed by atoms with Crippen molar-refractivity contribution in [2.75, 3.05) is 5.73 Å². The molecule has 2 N–H and O–H groups in total. The van der Waals surface area contributed by atoms with Crippen LogP contribution in [0.15, 0.2) is 48.7 Å². The molecule has 4 rings (SSSR count). The van der Waals surface area contributed by atoms with Crippen molar-refractivity contribution in [3.63, 3.8) is 0 Å². The average molecular weight is 401 g/mol. The SMILES string of the molecule is CC(C)Oc1ncccc1Cc1cc2c(N)nc(-c3cccc(C#N)c3)nc2s1. The Morgan fingerprint density at radius 3 is 2.83 bits per heavy atom. The molecule has 0 atom stereocenters. The number of thiophene rings is 1. The second-order valence-corrected chi connectivity index (χ2v) is 7.98. The normalized spacial score (nSPS) is 11.0. The van der Waals surface area contributed by atoms with Crippen molar-refractivity contribution in [2.24, 2.45) is 0 Å². The maximum Gasteiger partial charge on any atom is 0.217 e. The molecule has 0 saturated carbocycles. The number of benzene rings is 1. The smallest absolute Gasteiger partial charge is 0.217 e. The van der Waals surface area contributed by atoms with Gasteiger partial charge in [-0.15, -0.1) is 11.3 Å². The topological polar surface area (TPSA) is 97.7 Å². The van der Waals surface area contributed by atoms with Crippen molar-refractivity contribution in [1.29, 1.82) is 5.26 Å². The molecule has 3 heterocycles. The molecular weight excluding hydrogens is 382 g/mol. The second-order valence-electron chi connectivity index (χ2n) is 6.87. The first-order valence-electron chi connectivity index (χ1n) is 9.20. The van der Waals surface area contributed by atoms with Gasteiger partial charge in [-0.1, -0.05) is 18.2 Å². The average Bonchev–Trinajstić information content (AvgIpc) is 3.12. The zero-order valence-corrected chi connectivity index (χ0v) is 16.9. The fourth-order valence-electron chi connectivity index (χ4n) is 3.01. The Balaban J connectivity index is 1.70. The highest BCUT2D eigenvalue weighted by Gasteiger charge is 2.14. The number of nitrogens with zero attached hydrogens (tertiary/aromatic N) is 4. The monoisotopic (exact) mass is 401 g/mol. The molecule has 0 aliphatic rings. The minimum absolute atomic E-state index is 0.0549. The number of aromatic nitrogens is 3. The maximum atomic E-state index is 9.13. The summed E-state index contributed by atoms with van der Waals surface area (Å²) in [6.45, 7) is 3.97. The molecule has 0 unspecified atom stereocenters. The van der Waals surface area contributed by atoms with Crippen LogP contribution in [0.4, 0.5) is 5.82 Å². The highest BCUT2D eigenvalue weighted by molar-refractivity contribution is 7.18. The van der Waals surface area contributed by atoms with E-state index in [-0.39, 0.29) is 6.10 Å². The van der Waals surface area contributed by atoms with Crippen LogP contribution >= 0.6 is 11.3 Å². The van der Waals surface area contributed by atoms with Gasteiger partial charge >= 0.3 is 0 Å². The first kappa shape index (κ1) is 18.8. The van der Waals surface area contributed by atoms with Gasteiger partial charge in [0, 0.05) is 28.6 Å². The minimum atomic E-state index is 0.0549. The number of hydrogen-bond donors (Lipinski definition) is 1. The van der Waals surface area contributed by atoms with Crippen molar-refractivity contribution < 1.29 is 4.74 Å². The third-order valence-corrected chi connectivity index (χ3v) is 5.31. The molecule has 1 aromatic carbocycles. The first-order valence-corrected chi connectivity index (χ1v) is 10.0.